The molecule has 0 aliphatic heterocycles. The van der Waals surface area contributed by atoms with Gasteiger partial charge in [-0.1, -0.05) is 18.2 Å². The van der Waals surface area contributed by atoms with E-state index in [1.807, 2.05) is 12.1 Å². The molecule has 2 heterocycles. The van der Waals surface area contributed by atoms with Crippen LogP contribution in [0.4, 0.5) is 4.39 Å². The number of nitrogens with zero attached hydrogens (tertiary/aromatic N) is 3. The van der Waals surface area contributed by atoms with Crippen molar-refractivity contribution in [2.75, 3.05) is 0 Å². The van der Waals surface area contributed by atoms with E-state index in [4.69, 9.17) is 4.74 Å². The molecule has 6 nitrogen and oxygen atoms in total. The number of aromatic nitrogens is 3. The fraction of sp³-hybridized carbons (Fsp3) is 0.0833. The maximum absolute atomic E-state index is 13.8. The molecule has 0 fully saturated rings. The smallest absolute Gasteiger partial charge is 0.303 e. The van der Waals surface area contributed by atoms with Crippen LogP contribution in [0.5, 0.6) is 0 Å². The van der Waals surface area contributed by atoms with Crippen LogP contribution in [0.3, 0.4) is 0 Å². The molecule has 4 aromatic rings. The Morgan fingerprint density at radius 2 is 1.91 bits per heavy atom. The molecule has 160 valence electrons. The summed E-state index contributed by atoms with van der Waals surface area (Å²) in [7, 11) is 0. The number of hydrogen-bond acceptors (Lipinski definition) is 5. The van der Waals surface area contributed by atoms with Gasteiger partial charge in [0.1, 0.15) is 18.2 Å². The molecule has 2 aromatic heterocycles. The lowest BCUT2D eigenvalue weighted by Crippen LogP contribution is -2.22. The lowest BCUT2D eigenvalue weighted by atomic mass is 10.2. The molecule has 0 atom stereocenters. The van der Waals surface area contributed by atoms with E-state index in [9.17, 15) is 14.0 Å². The van der Waals surface area contributed by atoms with E-state index < -0.39 is 11.4 Å². The fourth-order valence-electron chi connectivity index (χ4n) is 3.16. The molecule has 0 aliphatic carbocycles. The highest BCUT2D eigenvalue weighted by molar-refractivity contribution is 9.10. The second kappa shape index (κ2) is 9.23. The molecule has 0 unspecified atom stereocenters. The minimum absolute atomic E-state index is 0.0679. The van der Waals surface area contributed by atoms with Crippen LogP contribution in [0.25, 0.3) is 28.7 Å². The third kappa shape index (κ3) is 4.65. The number of carbonyl (C=O) groups excluding carboxylic acids is 1. The van der Waals surface area contributed by atoms with Crippen LogP contribution in [0, 0.1) is 5.82 Å². The first-order valence-corrected chi connectivity index (χ1v) is 10.5. The minimum atomic E-state index is -0.507. The highest BCUT2D eigenvalue weighted by Crippen LogP contribution is 2.22. The summed E-state index contributed by atoms with van der Waals surface area (Å²) in [6.45, 7) is 1.40. The van der Waals surface area contributed by atoms with E-state index in [1.54, 1.807) is 42.5 Å². The van der Waals surface area contributed by atoms with Gasteiger partial charge in [0.25, 0.3) is 5.56 Å². The van der Waals surface area contributed by atoms with Crippen molar-refractivity contribution in [2.24, 2.45) is 0 Å². The Kier molecular flexibility index (Phi) is 6.23. The van der Waals surface area contributed by atoms with Gasteiger partial charge < -0.3 is 4.74 Å². The predicted molar refractivity (Wildman–Crippen MR) is 124 cm³/mol. The van der Waals surface area contributed by atoms with Crippen molar-refractivity contribution in [3.8, 4) is 5.69 Å². The summed E-state index contributed by atoms with van der Waals surface area (Å²) in [6.07, 6.45) is 3.38. The number of carbonyl (C=O) groups is 1. The number of fused-ring (bicyclic) bond motifs is 1. The van der Waals surface area contributed by atoms with Crippen LogP contribution in [0.1, 0.15) is 24.1 Å². The molecule has 2 aromatic carbocycles. The SMILES string of the molecule is CC(=O)OCc1cccc(/C=C/c2nc3ccc(F)cc3c(=O)n2-c2ccccc2Br)n1. The first kappa shape index (κ1) is 21.6. The highest BCUT2D eigenvalue weighted by Gasteiger charge is 2.14. The molecular formula is C24H17BrFN3O3. The van der Waals surface area contributed by atoms with Gasteiger partial charge in [0.15, 0.2) is 0 Å². The van der Waals surface area contributed by atoms with Crippen LogP contribution in [0.15, 0.2) is 69.9 Å². The molecule has 0 saturated carbocycles. The van der Waals surface area contributed by atoms with E-state index in [-0.39, 0.29) is 18.0 Å². The van der Waals surface area contributed by atoms with Gasteiger partial charge in [0.2, 0.25) is 0 Å². The molecule has 0 radical (unpaired) electrons. The highest BCUT2D eigenvalue weighted by atomic mass is 79.9. The van der Waals surface area contributed by atoms with Gasteiger partial charge in [-0.2, -0.15) is 0 Å². The van der Waals surface area contributed by atoms with Gasteiger partial charge in [-0.05, 0) is 70.5 Å². The summed E-state index contributed by atoms with van der Waals surface area (Å²) < 4.78 is 20.9. The monoisotopic (exact) mass is 493 g/mol. The summed E-state index contributed by atoms with van der Waals surface area (Å²) in [6, 6.07) is 16.5. The van der Waals surface area contributed by atoms with Gasteiger partial charge in [-0.25, -0.2) is 14.4 Å². The maximum Gasteiger partial charge on any atom is 0.303 e. The molecule has 0 N–H and O–H groups in total. The normalized spacial score (nSPS) is 11.2. The first-order chi connectivity index (χ1) is 15.4. The Bertz CT molecular complexity index is 1420. The van der Waals surface area contributed by atoms with Crippen molar-refractivity contribution >= 4 is 45.0 Å². The minimum Gasteiger partial charge on any atom is -0.459 e. The number of benzene rings is 2. The molecular weight excluding hydrogens is 477 g/mol. The number of pyridine rings is 1. The largest absolute Gasteiger partial charge is 0.459 e. The van der Waals surface area contributed by atoms with Gasteiger partial charge in [0, 0.05) is 11.4 Å². The fourth-order valence-corrected chi connectivity index (χ4v) is 3.62. The topological polar surface area (TPSA) is 74.1 Å². The number of ether oxygens (including phenoxy) is 1. The van der Waals surface area contributed by atoms with Crippen molar-refractivity contribution < 1.29 is 13.9 Å². The molecule has 0 amide bonds. The standard InChI is InChI=1S/C24H17BrFN3O3/c1-15(30)32-14-18-6-4-5-17(27-18)10-12-23-28-21-11-9-16(26)13-19(21)24(31)29(23)22-8-3-2-7-20(22)25/h2-13H,14H2,1H3/b12-10+. The van der Waals surface area contributed by atoms with Crippen molar-refractivity contribution in [2.45, 2.75) is 13.5 Å². The average molecular weight is 494 g/mol. The number of rotatable bonds is 5. The average Bonchev–Trinajstić information content (AvgIpc) is 2.78. The quantitative estimate of drug-likeness (QED) is 0.369. The number of esters is 1. The second-order valence-corrected chi connectivity index (χ2v) is 7.75. The molecule has 0 spiro atoms. The summed E-state index contributed by atoms with van der Waals surface area (Å²) >= 11 is 3.47. The van der Waals surface area contributed by atoms with Gasteiger partial charge >= 0.3 is 5.97 Å². The zero-order valence-electron chi connectivity index (χ0n) is 17.0. The Morgan fingerprint density at radius 3 is 2.69 bits per heavy atom. The third-order valence-electron chi connectivity index (χ3n) is 4.60. The van der Waals surface area contributed by atoms with Crippen molar-refractivity contribution in [1.29, 1.82) is 0 Å². The number of halogens is 2. The molecule has 4 rings (SSSR count). The van der Waals surface area contributed by atoms with Gasteiger partial charge in [-0.15, -0.1) is 0 Å². The molecule has 0 saturated heterocycles. The molecule has 0 aliphatic rings. The Labute approximate surface area is 191 Å². The zero-order chi connectivity index (χ0) is 22.7. The third-order valence-corrected chi connectivity index (χ3v) is 5.27. The Morgan fingerprint density at radius 1 is 1.09 bits per heavy atom. The molecule has 8 heteroatoms. The Hall–Kier alpha value is -3.65. The second-order valence-electron chi connectivity index (χ2n) is 6.89. The lowest BCUT2D eigenvalue weighted by Gasteiger charge is -2.13. The van der Waals surface area contributed by atoms with E-state index >= 15 is 0 Å². The van der Waals surface area contributed by atoms with Crippen LogP contribution in [-0.2, 0) is 16.1 Å². The molecule has 0 bridgehead atoms. The maximum atomic E-state index is 13.8. The van der Waals surface area contributed by atoms with E-state index in [1.165, 1.54) is 29.7 Å². The van der Waals surface area contributed by atoms with E-state index in [0.29, 0.717) is 32.9 Å². The van der Waals surface area contributed by atoms with Crippen molar-refractivity contribution in [3.05, 3.63) is 98.5 Å². The van der Waals surface area contributed by atoms with Gasteiger partial charge in [-0.3, -0.25) is 14.2 Å². The number of hydrogen-bond donors (Lipinski definition) is 0. The van der Waals surface area contributed by atoms with Gasteiger partial charge in [0.05, 0.1) is 28.0 Å². The summed E-state index contributed by atoms with van der Waals surface area (Å²) in [5.74, 6) is -0.539. The summed E-state index contributed by atoms with van der Waals surface area (Å²) in [5, 5.41) is 0.180. The van der Waals surface area contributed by atoms with Crippen LogP contribution in [0.2, 0.25) is 0 Å². The van der Waals surface area contributed by atoms with Crippen LogP contribution in [-0.4, -0.2) is 20.5 Å². The zero-order valence-corrected chi connectivity index (χ0v) is 18.5. The molecule has 32 heavy (non-hydrogen) atoms. The van der Waals surface area contributed by atoms with Crippen molar-refractivity contribution in [1.82, 2.24) is 14.5 Å². The number of para-hydroxylation sites is 1. The van der Waals surface area contributed by atoms with Crippen LogP contribution < -0.4 is 5.56 Å². The first-order valence-electron chi connectivity index (χ1n) is 9.67. The van der Waals surface area contributed by atoms with Crippen molar-refractivity contribution in [3.63, 3.8) is 0 Å². The predicted octanol–water partition coefficient (Wildman–Crippen LogP) is 4.92. The van der Waals surface area contributed by atoms with E-state index in [0.717, 1.165) is 0 Å². The van der Waals surface area contributed by atoms with E-state index in [2.05, 4.69) is 25.9 Å². The summed E-state index contributed by atoms with van der Waals surface area (Å²) in [4.78, 5) is 33.4. The lowest BCUT2D eigenvalue weighted by molar-refractivity contribution is -0.142. The Balaban J connectivity index is 1.83. The summed E-state index contributed by atoms with van der Waals surface area (Å²) in [5.41, 5.74) is 1.76. The van der Waals surface area contributed by atoms with Crippen LogP contribution >= 0.6 is 15.9 Å².